The molecule has 5 heteroatoms. The van der Waals surface area contributed by atoms with E-state index in [-0.39, 0.29) is 6.61 Å². The van der Waals surface area contributed by atoms with Crippen LogP contribution in [-0.2, 0) is 20.7 Å². The minimum Gasteiger partial charge on any atom is -0.464 e. The van der Waals surface area contributed by atoms with Crippen molar-refractivity contribution in [3.8, 4) is 0 Å². The number of carbonyl (C=O) groups excluding carboxylic acids is 2. The second-order valence-corrected chi connectivity index (χ2v) is 5.64. The Labute approximate surface area is 125 Å². The molecule has 0 aliphatic carbocycles. The summed E-state index contributed by atoms with van der Waals surface area (Å²) in [6, 6.07) is 8.67. The van der Waals surface area contributed by atoms with Gasteiger partial charge in [-0.3, -0.25) is 0 Å². The predicted molar refractivity (Wildman–Crippen MR) is 79.9 cm³/mol. The molecule has 0 radical (unpaired) electrons. The SMILES string of the molecule is CCOC(=O)[C@@H](Cc1ccccc1)NC(=O)OC(C)(C)C. The van der Waals surface area contributed by atoms with Crippen LogP contribution in [0, 0.1) is 0 Å². The lowest BCUT2D eigenvalue weighted by Crippen LogP contribution is -2.45. The number of esters is 1. The van der Waals surface area contributed by atoms with Gasteiger partial charge in [-0.05, 0) is 33.3 Å². The zero-order valence-electron chi connectivity index (χ0n) is 13.0. The molecule has 116 valence electrons. The molecule has 1 atom stereocenters. The number of nitrogens with one attached hydrogen (secondary N) is 1. The Hall–Kier alpha value is -2.04. The van der Waals surface area contributed by atoms with Crippen molar-refractivity contribution in [1.82, 2.24) is 5.32 Å². The Balaban J connectivity index is 2.73. The fourth-order valence-electron chi connectivity index (χ4n) is 1.74. The first-order valence-electron chi connectivity index (χ1n) is 7.02. The number of hydrogen-bond acceptors (Lipinski definition) is 4. The summed E-state index contributed by atoms with van der Waals surface area (Å²) in [7, 11) is 0. The Morgan fingerprint density at radius 3 is 2.33 bits per heavy atom. The molecule has 1 rings (SSSR count). The summed E-state index contributed by atoms with van der Waals surface area (Å²) in [6.07, 6.45) is -0.268. The molecule has 0 aliphatic heterocycles. The molecule has 0 saturated carbocycles. The maximum Gasteiger partial charge on any atom is 0.408 e. The van der Waals surface area contributed by atoms with Crippen molar-refractivity contribution in [2.24, 2.45) is 0 Å². The molecule has 0 saturated heterocycles. The molecule has 1 N–H and O–H groups in total. The molecule has 0 unspecified atom stereocenters. The van der Waals surface area contributed by atoms with Gasteiger partial charge in [-0.2, -0.15) is 0 Å². The number of carbonyl (C=O) groups is 2. The Bertz CT molecular complexity index is 465. The fraction of sp³-hybridized carbons (Fsp3) is 0.500. The van der Waals surface area contributed by atoms with E-state index < -0.39 is 23.7 Å². The van der Waals surface area contributed by atoms with Crippen molar-refractivity contribution in [3.63, 3.8) is 0 Å². The summed E-state index contributed by atoms with van der Waals surface area (Å²) in [5.41, 5.74) is 0.322. The van der Waals surface area contributed by atoms with Crippen molar-refractivity contribution in [1.29, 1.82) is 0 Å². The van der Waals surface area contributed by atoms with Crippen molar-refractivity contribution < 1.29 is 19.1 Å². The van der Waals surface area contributed by atoms with E-state index in [0.29, 0.717) is 6.42 Å². The first-order chi connectivity index (χ1) is 9.81. The highest BCUT2D eigenvalue weighted by Crippen LogP contribution is 2.09. The minimum atomic E-state index is -0.762. The van der Waals surface area contributed by atoms with E-state index in [4.69, 9.17) is 9.47 Å². The predicted octanol–water partition coefficient (Wildman–Crippen LogP) is 2.69. The summed E-state index contributed by atoms with van der Waals surface area (Å²) in [5.74, 6) is -0.466. The monoisotopic (exact) mass is 293 g/mol. The van der Waals surface area contributed by atoms with Crippen LogP contribution in [-0.4, -0.2) is 30.3 Å². The molecule has 0 heterocycles. The number of alkyl carbamates (subject to hydrolysis) is 1. The summed E-state index contributed by atoms with van der Waals surface area (Å²) in [6.45, 7) is 7.29. The zero-order chi connectivity index (χ0) is 15.9. The Morgan fingerprint density at radius 2 is 1.81 bits per heavy atom. The topological polar surface area (TPSA) is 64.6 Å². The Morgan fingerprint density at radius 1 is 1.19 bits per heavy atom. The third-order valence-electron chi connectivity index (χ3n) is 2.54. The molecule has 0 bridgehead atoms. The maximum absolute atomic E-state index is 12.0. The smallest absolute Gasteiger partial charge is 0.408 e. The molecule has 1 aromatic carbocycles. The molecule has 0 aromatic heterocycles. The lowest BCUT2D eigenvalue weighted by atomic mass is 10.1. The average molecular weight is 293 g/mol. The first kappa shape index (κ1) is 17.0. The lowest BCUT2D eigenvalue weighted by molar-refractivity contribution is -0.145. The van der Waals surface area contributed by atoms with Gasteiger partial charge in [0.1, 0.15) is 11.6 Å². The number of amides is 1. The highest BCUT2D eigenvalue weighted by molar-refractivity contribution is 5.81. The number of hydrogen-bond donors (Lipinski definition) is 1. The van der Waals surface area contributed by atoms with E-state index in [1.165, 1.54) is 0 Å². The molecule has 1 aromatic rings. The molecule has 21 heavy (non-hydrogen) atoms. The van der Waals surface area contributed by atoms with Gasteiger partial charge >= 0.3 is 12.1 Å². The fourth-order valence-corrected chi connectivity index (χ4v) is 1.74. The van der Waals surface area contributed by atoms with Crippen LogP contribution in [0.15, 0.2) is 30.3 Å². The quantitative estimate of drug-likeness (QED) is 0.848. The van der Waals surface area contributed by atoms with E-state index in [2.05, 4.69) is 5.32 Å². The van der Waals surface area contributed by atoms with Crippen LogP contribution in [0.5, 0.6) is 0 Å². The Kier molecular flexibility index (Phi) is 6.21. The summed E-state index contributed by atoms with van der Waals surface area (Å²) in [4.78, 5) is 23.8. The third kappa shape index (κ3) is 6.79. The average Bonchev–Trinajstić information content (AvgIpc) is 2.37. The van der Waals surface area contributed by atoms with Crippen LogP contribution in [0.2, 0.25) is 0 Å². The van der Waals surface area contributed by atoms with Crippen LogP contribution in [0.25, 0.3) is 0 Å². The van der Waals surface area contributed by atoms with E-state index in [9.17, 15) is 9.59 Å². The zero-order valence-corrected chi connectivity index (χ0v) is 13.0. The van der Waals surface area contributed by atoms with Crippen LogP contribution < -0.4 is 5.32 Å². The van der Waals surface area contributed by atoms with E-state index in [0.717, 1.165) is 5.56 Å². The van der Waals surface area contributed by atoms with Crippen LogP contribution >= 0.6 is 0 Å². The highest BCUT2D eigenvalue weighted by atomic mass is 16.6. The van der Waals surface area contributed by atoms with Gasteiger partial charge < -0.3 is 14.8 Å². The minimum absolute atomic E-state index is 0.264. The molecule has 5 nitrogen and oxygen atoms in total. The second kappa shape index (κ2) is 7.67. The summed E-state index contributed by atoms with van der Waals surface area (Å²) < 4.78 is 10.2. The van der Waals surface area contributed by atoms with Gasteiger partial charge in [-0.1, -0.05) is 30.3 Å². The maximum atomic E-state index is 12.0. The van der Waals surface area contributed by atoms with E-state index in [1.807, 2.05) is 30.3 Å². The summed E-state index contributed by atoms with van der Waals surface area (Å²) in [5, 5.41) is 2.57. The van der Waals surface area contributed by atoms with Crippen LogP contribution in [0.4, 0.5) is 4.79 Å². The molecule has 0 spiro atoms. The molecular formula is C16H23NO4. The highest BCUT2D eigenvalue weighted by Gasteiger charge is 2.25. The standard InChI is InChI=1S/C16H23NO4/c1-5-20-14(18)13(11-12-9-7-6-8-10-12)17-15(19)21-16(2,3)4/h6-10,13H,5,11H2,1-4H3,(H,17,19)/t13-/m1/s1. The normalized spacial score (nSPS) is 12.4. The first-order valence-corrected chi connectivity index (χ1v) is 7.02. The van der Waals surface area contributed by atoms with Crippen molar-refractivity contribution in [3.05, 3.63) is 35.9 Å². The van der Waals surface area contributed by atoms with Gasteiger partial charge in [0.05, 0.1) is 6.61 Å². The van der Waals surface area contributed by atoms with E-state index >= 15 is 0 Å². The second-order valence-electron chi connectivity index (χ2n) is 5.64. The third-order valence-corrected chi connectivity index (χ3v) is 2.54. The molecule has 1 amide bonds. The lowest BCUT2D eigenvalue weighted by Gasteiger charge is -2.23. The van der Waals surface area contributed by atoms with Crippen LogP contribution in [0.1, 0.15) is 33.3 Å². The van der Waals surface area contributed by atoms with Crippen molar-refractivity contribution in [2.75, 3.05) is 6.61 Å². The van der Waals surface area contributed by atoms with Gasteiger partial charge in [-0.15, -0.1) is 0 Å². The van der Waals surface area contributed by atoms with Gasteiger partial charge in [-0.25, -0.2) is 9.59 Å². The summed E-state index contributed by atoms with van der Waals surface area (Å²) >= 11 is 0. The van der Waals surface area contributed by atoms with E-state index in [1.54, 1.807) is 27.7 Å². The number of rotatable bonds is 5. The van der Waals surface area contributed by atoms with Gasteiger partial charge in [0.25, 0.3) is 0 Å². The number of ether oxygens (including phenoxy) is 2. The van der Waals surface area contributed by atoms with Gasteiger partial charge in [0.2, 0.25) is 0 Å². The van der Waals surface area contributed by atoms with Gasteiger partial charge in [0, 0.05) is 6.42 Å². The van der Waals surface area contributed by atoms with Crippen LogP contribution in [0.3, 0.4) is 0 Å². The molecule has 0 fully saturated rings. The number of benzene rings is 1. The van der Waals surface area contributed by atoms with Gasteiger partial charge in [0.15, 0.2) is 0 Å². The van der Waals surface area contributed by atoms with Crippen molar-refractivity contribution in [2.45, 2.75) is 45.8 Å². The van der Waals surface area contributed by atoms with Crippen molar-refractivity contribution >= 4 is 12.1 Å². The molecule has 0 aliphatic rings. The molecular weight excluding hydrogens is 270 g/mol. The largest absolute Gasteiger partial charge is 0.464 e.